The highest BCUT2D eigenvalue weighted by atomic mass is 32.2. The van der Waals surface area contributed by atoms with Crippen LogP contribution in [0.4, 0.5) is 0 Å². The molecule has 1 aliphatic rings. The fraction of sp³-hybridized carbons (Fsp3) is 0.267. The number of amides is 1. The molecule has 0 saturated heterocycles. The van der Waals surface area contributed by atoms with Gasteiger partial charge in [-0.3, -0.25) is 4.79 Å². The van der Waals surface area contributed by atoms with E-state index in [-0.39, 0.29) is 11.9 Å². The minimum atomic E-state index is -0.355. The van der Waals surface area contributed by atoms with Crippen molar-refractivity contribution in [3.8, 4) is 0 Å². The number of nitrogens with zero attached hydrogens (tertiary/aromatic N) is 2. The van der Waals surface area contributed by atoms with Crippen LogP contribution in [0.2, 0.25) is 0 Å². The van der Waals surface area contributed by atoms with Gasteiger partial charge in [-0.25, -0.2) is 9.78 Å². The van der Waals surface area contributed by atoms with Gasteiger partial charge in [0.25, 0.3) is 0 Å². The molecule has 0 radical (unpaired) electrons. The maximum Gasteiger partial charge on any atom is 0.337 e. The van der Waals surface area contributed by atoms with E-state index < -0.39 is 0 Å². The number of ether oxygens (including phenoxy) is 1. The Morgan fingerprint density at radius 2 is 2.18 bits per heavy atom. The molecule has 1 amide bonds. The average molecular weight is 334 g/mol. The number of carbonyl (C=O) groups excluding carboxylic acids is 2. The van der Waals surface area contributed by atoms with Crippen molar-refractivity contribution in [3.05, 3.63) is 46.5 Å². The molecule has 2 aromatic rings. The highest BCUT2D eigenvalue weighted by molar-refractivity contribution is 8.01. The lowest BCUT2D eigenvalue weighted by Gasteiger charge is -2.14. The molecule has 1 aliphatic heterocycles. The van der Waals surface area contributed by atoms with E-state index in [9.17, 15) is 9.59 Å². The summed E-state index contributed by atoms with van der Waals surface area (Å²) in [5.41, 5.74) is 2.61. The first kappa shape index (κ1) is 15.1. The Kier molecular flexibility index (Phi) is 4.44. The summed E-state index contributed by atoms with van der Waals surface area (Å²) < 4.78 is 5.62. The molecular formula is C15H14N2O3S2. The van der Waals surface area contributed by atoms with Crippen molar-refractivity contribution in [2.45, 2.75) is 17.4 Å². The van der Waals surface area contributed by atoms with E-state index in [0.29, 0.717) is 24.4 Å². The van der Waals surface area contributed by atoms with Gasteiger partial charge in [0.05, 0.1) is 18.4 Å². The fourth-order valence-corrected chi connectivity index (χ4v) is 3.85. The van der Waals surface area contributed by atoms with Crippen molar-refractivity contribution in [1.29, 1.82) is 0 Å². The highest BCUT2D eigenvalue weighted by Gasteiger charge is 2.24. The predicted molar refractivity (Wildman–Crippen MR) is 84.9 cm³/mol. The molecule has 5 nitrogen and oxygen atoms in total. The number of thiazole rings is 1. The summed E-state index contributed by atoms with van der Waals surface area (Å²) in [6, 6.07) is 5.44. The molecule has 7 heteroatoms. The fourth-order valence-electron chi connectivity index (χ4n) is 2.31. The first-order chi connectivity index (χ1) is 10.7. The summed E-state index contributed by atoms with van der Waals surface area (Å²) in [6.07, 6.45) is 1.73. The number of rotatable bonds is 4. The predicted octanol–water partition coefficient (Wildman–Crippen LogP) is 2.56. The summed E-state index contributed by atoms with van der Waals surface area (Å²) in [7, 11) is 1.36. The summed E-state index contributed by atoms with van der Waals surface area (Å²) in [5, 5.41) is 1.90. The molecule has 1 aromatic carbocycles. The molecule has 2 heterocycles. The Hall–Kier alpha value is -1.86. The Balaban J connectivity index is 1.63. The topological polar surface area (TPSA) is 59.5 Å². The number of aromatic nitrogens is 1. The molecule has 0 spiro atoms. The minimum absolute atomic E-state index is 0.0796. The van der Waals surface area contributed by atoms with Crippen LogP contribution >= 0.6 is 23.1 Å². The second-order valence-electron chi connectivity index (χ2n) is 4.81. The number of hydrogen-bond acceptors (Lipinski definition) is 6. The molecule has 114 valence electrons. The molecule has 0 fully saturated rings. The van der Waals surface area contributed by atoms with E-state index in [1.807, 2.05) is 17.5 Å². The molecule has 0 aliphatic carbocycles. The lowest BCUT2D eigenvalue weighted by atomic mass is 10.1. The number of methoxy groups -OCH3 is 1. The number of thioether (sulfide) groups is 1. The van der Waals surface area contributed by atoms with Gasteiger partial charge in [-0.15, -0.1) is 11.3 Å². The zero-order chi connectivity index (χ0) is 15.5. The van der Waals surface area contributed by atoms with Crippen molar-refractivity contribution < 1.29 is 14.3 Å². The number of benzene rings is 1. The highest BCUT2D eigenvalue weighted by Crippen LogP contribution is 2.26. The number of hydrogen-bond donors (Lipinski definition) is 0. The first-order valence-corrected chi connectivity index (χ1v) is 8.54. The van der Waals surface area contributed by atoms with E-state index in [0.717, 1.165) is 15.5 Å². The van der Waals surface area contributed by atoms with Crippen molar-refractivity contribution in [2.75, 3.05) is 12.9 Å². The van der Waals surface area contributed by atoms with Gasteiger partial charge in [0.2, 0.25) is 5.91 Å². The lowest BCUT2D eigenvalue weighted by molar-refractivity contribution is -0.128. The third kappa shape index (κ3) is 3.15. The van der Waals surface area contributed by atoms with Gasteiger partial charge in [-0.05, 0) is 23.3 Å². The van der Waals surface area contributed by atoms with Crippen LogP contribution in [0.3, 0.4) is 0 Å². The van der Waals surface area contributed by atoms with E-state index >= 15 is 0 Å². The molecule has 0 saturated carbocycles. The van der Waals surface area contributed by atoms with Gasteiger partial charge in [0.15, 0.2) is 0 Å². The summed E-state index contributed by atoms with van der Waals surface area (Å²) in [5.74, 6) is 0.105. The second kappa shape index (κ2) is 6.50. The van der Waals surface area contributed by atoms with E-state index in [1.165, 1.54) is 30.2 Å². The lowest BCUT2D eigenvalue weighted by Crippen LogP contribution is -2.26. The Morgan fingerprint density at radius 1 is 1.36 bits per heavy atom. The normalized spacial score (nSPS) is 13.0. The Labute approximate surface area is 136 Å². The van der Waals surface area contributed by atoms with Gasteiger partial charge in [0, 0.05) is 24.7 Å². The van der Waals surface area contributed by atoms with Crippen molar-refractivity contribution >= 4 is 35.0 Å². The smallest absolute Gasteiger partial charge is 0.337 e. The van der Waals surface area contributed by atoms with Crippen molar-refractivity contribution in [1.82, 2.24) is 9.88 Å². The van der Waals surface area contributed by atoms with E-state index in [4.69, 9.17) is 4.74 Å². The summed E-state index contributed by atoms with van der Waals surface area (Å²) >= 11 is 2.99. The third-order valence-corrected chi connectivity index (χ3v) is 5.38. The molecule has 0 N–H and O–H groups in total. The number of esters is 1. The molecule has 0 unspecified atom stereocenters. The van der Waals surface area contributed by atoms with Gasteiger partial charge in [-0.2, -0.15) is 0 Å². The van der Waals surface area contributed by atoms with Crippen molar-refractivity contribution in [2.24, 2.45) is 0 Å². The van der Waals surface area contributed by atoms with Crippen LogP contribution in [0.5, 0.6) is 0 Å². The van der Waals surface area contributed by atoms with E-state index in [2.05, 4.69) is 4.98 Å². The zero-order valence-electron chi connectivity index (χ0n) is 11.9. The maximum absolute atomic E-state index is 12.3. The second-order valence-corrected chi connectivity index (χ2v) is 6.93. The largest absolute Gasteiger partial charge is 0.465 e. The van der Waals surface area contributed by atoms with Crippen LogP contribution in [0.1, 0.15) is 21.5 Å². The van der Waals surface area contributed by atoms with Crippen LogP contribution < -0.4 is 0 Å². The Bertz CT molecular complexity index is 701. The van der Waals surface area contributed by atoms with Crippen LogP contribution in [-0.4, -0.2) is 34.6 Å². The molecule has 1 aromatic heterocycles. The quantitative estimate of drug-likeness (QED) is 0.635. The first-order valence-electron chi connectivity index (χ1n) is 6.67. The van der Waals surface area contributed by atoms with Gasteiger partial charge >= 0.3 is 5.97 Å². The van der Waals surface area contributed by atoms with Crippen LogP contribution in [0, 0.1) is 0 Å². The van der Waals surface area contributed by atoms with E-state index in [1.54, 1.807) is 17.2 Å². The van der Waals surface area contributed by atoms with Crippen LogP contribution in [0.15, 0.2) is 34.1 Å². The SMILES string of the molecule is COC(=O)c1ccc2c(c1)CN(C(=O)CSc1nccs1)C2. The number of fused-ring (bicyclic) bond motifs is 1. The monoisotopic (exact) mass is 334 g/mol. The summed E-state index contributed by atoms with van der Waals surface area (Å²) in [6.45, 7) is 1.13. The zero-order valence-corrected chi connectivity index (χ0v) is 13.6. The average Bonchev–Trinajstić information content (AvgIpc) is 3.19. The van der Waals surface area contributed by atoms with Gasteiger partial charge < -0.3 is 9.64 Å². The van der Waals surface area contributed by atoms with Gasteiger partial charge in [-0.1, -0.05) is 17.8 Å². The molecule has 0 atom stereocenters. The minimum Gasteiger partial charge on any atom is -0.465 e. The standard InChI is InChI=1S/C15H14N2O3S2/c1-20-14(19)10-2-3-11-7-17(8-12(11)6-10)13(18)9-22-15-16-4-5-21-15/h2-6H,7-9H2,1H3. The van der Waals surface area contributed by atoms with Crippen LogP contribution in [-0.2, 0) is 22.6 Å². The molecule has 22 heavy (non-hydrogen) atoms. The molecular weight excluding hydrogens is 320 g/mol. The maximum atomic E-state index is 12.3. The van der Waals surface area contributed by atoms with Gasteiger partial charge in [0.1, 0.15) is 4.34 Å². The number of carbonyl (C=O) groups is 2. The van der Waals surface area contributed by atoms with Crippen LogP contribution in [0.25, 0.3) is 0 Å². The molecule has 0 bridgehead atoms. The van der Waals surface area contributed by atoms with Crippen molar-refractivity contribution in [3.63, 3.8) is 0 Å². The third-order valence-electron chi connectivity index (χ3n) is 3.43. The summed E-state index contributed by atoms with van der Waals surface area (Å²) in [4.78, 5) is 29.8. The molecule has 3 rings (SSSR count). The Morgan fingerprint density at radius 3 is 2.91 bits per heavy atom.